The zero-order valence-corrected chi connectivity index (χ0v) is 26.2. The second kappa shape index (κ2) is 14.7. The molecule has 2 aliphatic heterocycles. The van der Waals surface area contributed by atoms with Crippen molar-refractivity contribution in [3.63, 3.8) is 0 Å². The van der Waals surface area contributed by atoms with Gasteiger partial charge in [0.15, 0.2) is 14.6 Å². The van der Waals surface area contributed by atoms with Gasteiger partial charge < -0.3 is 37.6 Å². The van der Waals surface area contributed by atoms with E-state index in [0.717, 1.165) is 6.42 Å². The van der Waals surface area contributed by atoms with Gasteiger partial charge in [-0.25, -0.2) is 0 Å². The fourth-order valence-corrected chi connectivity index (χ4v) is 6.37. The summed E-state index contributed by atoms with van der Waals surface area (Å²) in [5.41, 5.74) is 0. The highest BCUT2D eigenvalue weighted by molar-refractivity contribution is 6.74. The largest absolute Gasteiger partial charge is 0.469 e. The number of methoxy groups -OCH3 is 4. The summed E-state index contributed by atoms with van der Waals surface area (Å²) in [7, 11) is 4.25. The number of hydrogen-bond acceptors (Lipinski definition) is 9. The Labute approximate surface area is 230 Å². The van der Waals surface area contributed by atoms with Crippen molar-refractivity contribution in [2.45, 2.75) is 121 Å². The quantitative estimate of drug-likeness (QED) is 0.184. The van der Waals surface area contributed by atoms with Crippen LogP contribution in [0.2, 0.25) is 18.1 Å². The first-order valence-corrected chi connectivity index (χ1v) is 16.6. The highest BCUT2D eigenvalue weighted by Gasteiger charge is 2.47. The van der Waals surface area contributed by atoms with Gasteiger partial charge in [-0.3, -0.25) is 4.79 Å². The van der Waals surface area contributed by atoms with Crippen LogP contribution in [0, 0.1) is 5.92 Å². The third kappa shape index (κ3) is 8.57. The van der Waals surface area contributed by atoms with Crippen molar-refractivity contribution in [1.29, 1.82) is 0 Å². The molecule has 2 fully saturated rings. The average Bonchev–Trinajstić information content (AvgIpc) is 2.85. The lowest BCUT2D eigenvalue weighted by Gasteiger charge is -2.46. The number of rotatable bonds is 13. The molecule has 2 aliphatic rings. The average molecular weight is 561 g/mol. The van der Waals surface area contributed by atoms with Gasteiger partial charge in [0.1, 0.15) is 18.3 Å². The third-order valence-electron chi connectivity index (χ3n) is 8.39. The van der Waals surface area contributed by atoms with Crippen molar-refractivity contribution in [2.75, 3.05) is 35.0 Å². The number of hydrogen-bond donors (Lipinski definition) is 0. The van der Waals surface area contributed by atoms with Gasteiger partial charge in [0.2, 0.25) is 0 Å². The van der Waals surface area contributed by atoms with Gasteiger partial charge in [-0.15, -0.1) is 6.58 Å². The van der Waals surface area contributed by atoms with Gasteiger partial charge in [0, 0.05) is 33.7 Å². The minimum Gasteiger partial charge on any atom is -0.469 e. The van der Waals surface area contributed by atoms with Crippen molar-refractivity contribution in [3.8, 4) is 0 Å². The van der Waals surface area contributed by atoms with E-state index in [0.29, 0.717) is 19.4 Å². The Morgan fingerprint density at radius 2 is 1.74 bits per heavy atom. The Balaban J connectivity index is 2.24. The van der Waals surface area contributed by atoms with Gasteiger partial charge in [-0.05, 0) is 31.0 Å². The van der Waals surface area contributed by atoms with E-state index in [1.165, 1.54) is 7.11 Å². The van der Waals surface area contributed by atoms with Crippen molar-refractivity contribution in [2.24, 2.45) is 5.92 Å². The molecule has 0 N–H and O–H groups in total. The molecular weight excluding hydrogens is 508 g/mol. The zero-order valence-electron chi connectivity index (χ0n) is 25.2. The van der Waals surface area contributed by atoms with E-state index in [1.807, 2.05) is 13.0 Å². The van der Waals surface area contributed by atoms with Gasteiger partial charge in [0.25, 0.3) is 0 Å². The van der Waals surface area contributed by atoms with Crippen LogP contribution in [-0.4, -0.2) is 98.4 Å². The van der Waals surface area contributed by atoms with E-state index < -0.39 is 20.7 Å². The summed E-state index contributed by atoms with van der Waals surface area (Å²) in [4.78, 5) is 12.3. The first-order chi connectivity index (χ1) is 17.8. The topological polar surface area (TPSA) is 90.9 Å². The summed E-state index contributed by atoms with van der Waals surface area (Å²) < 4.78 is 47.8. The molecule has 0 unspecified atom stereocenters. The maximum atomic E-state index is 12.3. The van der Waals surface area contributed by atoms with E-state index >= 15 is 0 Å². The van der Waals surface area contributed by atoms with E-state index in [1.54, 1.807) is 21.3 Å². The molecule has 0 aromatic carbocycles. The van der Waals surface area contributed by atoms with Crippen LogP contribution >= 0.6 is 0 Å². The molecule has 0 spiro atoms. The Hall–Kier alpha value is -0.853. The van der Waals surface area contributed by atoms with Crippen LogP contribution in [0.15, 0.2) is 12.7 Å². The lowest BCUT2D eigenvalue weighted by atomic mass is 9.86. The summed E-state index contributed by atoms with van der Waals surface area (Å²) in [6.45, 7) is 17.5. The molecule has 10 heteroatoms. The maximum Gasteiger partial charge on any atom is 0.308 e. The first kappa shape index (κ1) is 33.4. The van der Waals surface area contributed by atoms with E-state index in [-0.39, 0.29) is 60.0 Å². The standard InChI is InChI=1S/C28H52O9Si/c1-12-13-19(37-38(10,11)28(3,4)5)14-20-15-21(18(2)22(35-20)16-24(29)31-7)36-27-26(33-9)25(32-8)23(30-6)17-34-27/h12,18-23,25-27H,1,13-17H2,2-11H3/t18-,19-,20-,21+,22+,23-,25+,26-,27+/m1/s1. The molecule has 2 saturated heterocycles. The molecule has 9 atom stereocenters. The van der Waals surface area contributed by atoms with Crippen LogP contribution in [0.25, 0.3) is 0 Å². The predicted octanol–water partition coefficient (Wildman–Crippen LogP) is 4.49. The Morgan fingerprint density at radius 1 is 1.08 bits per heavy atom. The van der Waals surface area contributed by atoms with Crippen LogP contribution in [0.1, 0.15) is 53.4 Å². The minimum atomic E-state index is -2.01. The minimum absolute atomic E-state index is 0.0378. The predicted molar refractivity (Wildman–Crippen MR) is 148 cm³/mol. The van der Waals surface area contributed by atoms with Crippen LogP contribution in [-0.2, 0) is 42.4 Å². The van der Waals surface area contributed by atoms with Crippen LogP contribution in [0.3, 0.4) is 0 Å². The number of ether oxygens (including phenoxy) is 7. The number of carbonyl (C=O) groups is 1. The van der Waals surface area contributed by atoms with Gasteiger partial charge >= 0.3 is 5.97 Å². The lowest BCUT2D eigenvalue weighted by molar-refractivity contribution is -0.308. The van der Waals surface area contributed by atoms with Crippen LogP contribution in [0.5, 0.6) is 0 Å². The molecule has 0 radical (unpaired) electrons. The maximum absolute atomic E-state index is 12.3. The third-order valence-corrected chi connectivity index (χ3v) is 12.9. The molecule has 0 bridgehead atoms. The smallest absolute Gasteiger partial charge is 0.308 e. The van der Waals surface area contributed by atoms with E-state index in [9.17, 15) is 4.79 Å². The first-order valence-electron chi connectivity index (χ1n) is 13.7. The SMILES string of the molecule is C=CC[C@H](C[C@@H]1C[C@H](O[C@@H]2OC[C@@H](OC)[C@H](OC)[C@H]2OC)[C@@H](C)[C@H](CC(=O)OC)O1)O[Si](C)(C)C(C)(C)C. The van der Waals surface area contributed by atoms with Gasteiger partial charge in [-0.1, -0.05) is 33.8 Å². The summed E-state index contributed by atoms with van der Waals surface area (Å²) in [6, 6.07) is 0. The molecule has 222 valence electrons. The molecule has 2 rings (SSSR count). The Kier molecular flexibility index (Phi) is 12.9. The molecule has 0 aromatic rings. The summed E-state index contributed by atoms with van der Waals surface area (Å²) in [5.74, 6) is -0.390. The van der Waals surface area contributed by atoms with Crippen molar-refractivity contribution >= 4 is 14.3 Å². The molecule has 2 heterocycles. The summed E-state index contributed by atoms with van der Waals surface area (Å²) in [6.07, 6.45) is 1.56. The van der Waals surface area contributed by atoms with Crippen LogP contribution < -0.4 is 0 Å². The monoisotopic (exact) mass is 560 g/mol. The summed E-state index contributed by atoms with van der Waals surface area (Å²) >= 11 is 0. The number of esters is 1. The summed E-state index contributed by atoms with van der Waals surface area (Å²) in [5, 5.41) is 0.0822. The molecule has 0 aliphatic carbocycles. The van der Waals surface area contributed by atoms with Gasteiger partial charge in [0.05, 0.1) is 44.6 Å². The zero-order chi connectivity index (χ0) is 28.7. The van der Waals surface area contributed by atoms with Crippen LogP contribution in [0.4, 0.5) is 0 Å². The Morgan fingerprint density at radius 3 is 2.26 bits per heavy atom. The molecular formula is C28H52O9Si. The molecule has 0 amide bonds. The van der Waals surface area contributed by atoms with Crippen molar-refractivity contribution in [1.82, 2.24) is 0 Å². The highest BCUT2D eigenvalue weighted by Crippen LogP contribution is 2.40. The lowest BCUT2D eigenvalue weighted by Crippen LogP contribution is -2.58. The fourth-order valence-electron chi connectivity index (χ4n) is 4.99. The fraction of sp³-hybridized carbons (Fsp3) is 0.893. The second-order valence-electron chi connectivity index (χ2n) is 12.0. The Bertz CT molecular complexity index is 740. The van der Waals surface area contributed by atoms with E-state index in [2.05, 4.69) is 40.4 Å². The number of carbonyl (C=O) groups excluding carboxylic acids is 1. The second-order valence-corrected chi connectivity index (χ2v) is 16.7. The molecule has 38 heavy (non-hydrogen) atoms. The van der Waals surface area contributed by atoms with Crippen molar-refractivity contribution < 1.29 is 42.4 Å². The molecule has 9 nitrogen and oxygen atoms in total. The van der Waals surface area contributed by atoms with E-state index in [4.69, 9.17) is 37.6 Å². The molecule has 0 saturated carbocycles. The normalized spacial score (nSPS) is 33.5. The molecule has 0 aromatic heterocycles. The van der Waals surface area contributed by atoms with Crippen molar-refractivity contribution in [3.05, 3.63) is 12.7 Å². The highest BCUT2D eigenvalue weighted by atomic mass is 28.4. The van der Waals surface area contributed by atoms with Gasteiger partial charge in [-0.2, -0.15) is 0 Å².